The van der Waals surface area contributed by atoms with Gasteiger partial charge < -0.3 is 0 Å². The van der Waals surface area contributed by atoms with Gasteiger partial charge in [0.05, 0.1) is 5.56 Å². The van der Waals surface area contributed by atoms with E-state index < -0.39 is 11.7 Å². The van der Waals surface area contributed by atoms with Crippen molar-refractivity contribution < 1.29 is 13.2 Å². The maximum atomic E-state index is 12.3. The van der Waals surface area contributed by atoms with Gasteiger partial charge in [-0.25, -0.2) is 0 Å². The van der Waals surface area contributed by atoms with Crippen LogP contribution >= 0.6 is 11.6 Å². The number of nitrogens with zero attached hydrogens (tertiary/aromatic N) is 1. The molecule has 0 bridgehead atoms. The average molecular weight is 210 g/mol. The Balaban J connectivity index is 3.05. The molecule has 1 heterocycles. The summed E-state index contributed by atoms with van der Waals surface area (Å²) in [6.45, 7) is 0. The van der Waals surface area contributed by atoms with E-state index in [0.29, 0.717) is 0 Å². The van der Waals surface area contributed by atoms with Crippen molar-refractivity contribution >= 4 is 11.6 Å². The lowest BCUT2D eigenvalue weighted by atomic mass is 10.1. The van der Waals surface area contributed by atoms with Crippen LogP contribution in [0.25, 0.3) is 0 Å². The van der Waals surface area contributed by atoms with Crippen molar-refractivity contribution in [3.8, 4) is 0 Å². The predicted molar refractivity (Wildman–Crippen MR) is 43.7 cm³/mol. The molecule has 1 nitrogen and oxygen atoms in total. The molecule has 1 aromatic rings. The van der Waals surface area contributed by atoms with Gasteiger partial charge in [0.25, 0.3) is 0 Å². The standard InChI is InChI=1S/C8H7ClF3N/c9-3-1-6-5-13-4-2-7(6)8(10,11)12/h2,4-5H,1,3H2. The Morgan fingerprint density at radius 1 is 1.38 bits per heavy atom. The van der Waals surface area contributed by atoms with E-state index in [1.54, 1.807) is 0 Å². The minimum Gasteiger partial charge on any atom is -0.264 e. The molecule has 0 aliphatic rings. The zero-order valence-electron chi connectivity index (χ0n) is 6.61. The summed E-state index contributed by atoms with van der Waals surface area (Å²) in [7, 11) is 0. The third-order valence-electron chi connectivity index (χ3n) is 1.57. The van der Waals surface area contributed by atoms with Crippen molar-refractivity contribution in [2.45, 2.75) is 12.6 Å². The Kier molecular flexibility index (Phi) is 3.14. The second kappa shape index (κ2) is 3.96. The zero-order valence-corrected chi connectivity index (χ0v) is 7.36. The molecule has 0 spiro atoms. The SMILES string of the molecule is FC(F)(F)c1ccncc1CCCl. The molecule has 0 amide bonds. The van der Waals surface area contributed by atoms with Gasteiger partial charge in [0.2, 0.25) is 0 Å². The molecular weight excluding hydrogens is 203 g/mol. The van der Waals surface area contributed by atoms with Crippen molar-refractivity contribution in [2.24, 2.45) is 0 Å². The van der Waals surface area contributed by atoms with Crippen molar-refractivity contribution in [2.75, 3.05) is 5.88 Å². The average Bonchev–Trinajstić information content (AvgIpc) is 2.04. The van der Waals surface area contributed by atoms with E-state index in [4.69, 9.17) is 11.6 Å². The molecule has 0 radical (unpaired) electrons. The lowest BCUT2D eigenvalue weighted by Gasteiger charge is -2.10. The Hall–Kier alpha value is -0.770. The fraction of sp³-hybridized carbons (Fsp3) is 0.375. The zero-order chi connectivity index (χ0) is 9.90. The monoisotopic (exact) mass is 209 g/mol. The maximum absolute atomic E-state index is 12.3. The van der Waals surface area contributed by atoms with Crippen LogP contribution in [0.3, 0.4) is 0 Å². The van der Waals surface area contributed by atoms with Crippen LogP contribution in [0.2, 0.25) is 0 Å². The van der Waals surface area contributed by atoms with Gasteiger partial charge in [0, 0.05) is 18.3 Å². The molecule has 0 unspecified atom stereocenters. The van der Waals surface area contributed by atoms with Crippen LogP contribution in [0.1, 0.15) is 11.1 Å². The number of aromatic nitrogens is 1. The quantitative estimate of drug-likeness (QED) is 0.683. The van der Waals surface area contributed by atoms with Crippen LogP contribution in [-0.4, -0.2) is 10.9 Å². The second-order valence-electron chi connectivity index (χ2n) is 2.47. The molecule has 0 saturated carbocycles. The van der Waals surface area contributed by atoms with Gasteiger partial charge in [-0.2, -0.15) is 13.2 Å². The summed E-state index contributed by atoms with van der Waals surface area (Å²) in [5, 5.41) is 0. The lowest BCUT2D eigenvalue weighted by Crippen LogP contribution is -2.09. The highest BCUT2D eigenvalue weighted by atomic mass is 35.5. The van der Waals surface area contributed by atoms with E-state index in [2.05, 4.69) is 4.98 Å². The summed E-state index contributed by atoms with van der Waals surface area (Å²) in [4.78, 5) is 3.62. The fourth-order valence-electron chi connectivity index (χ4n) is 1.00. The third-order valence-corrected chi connectivity index (χ3v) is 1.76. The topological polar surface area (TPSA) is 12.9 Å². The maximum Gasteiger partial charge on any atom is 0.416 e. The summed E-state index contributed by atoms with van der Waals surface area (Å²) in [5.41, 5.74) is -0.506. The lowest BCUT2D eigenvalue weighted by molar-refractivity contribution is -0.138. The summed E-state index contributed by atoms with van der Waals surface area (Å²) in [6, 6.07) is 0.960. The highest BCUT2D eigenvalue weighted by molar-refractivity contribution is 6.18. The summed E-state index contributed by atoms with van der Waals surface area (Å²) in [5.74, 6) is 0.161. The van der Waals surface area contributed by atoms with Crippen LogP contribution in [0.5, 0.6) is 0 Å². The molecule has 1 aromatic heterocycles. The number of alkyl halides is 4. The number of aryl methyl sites for hydroxylation is 1. The Morgan fingerprint density at radius 2 is 2.08 bits per heavy atom. The Labute approximate surface area is 78.5 Å². The number of pyridine rings is 1. The van der Waals surface area contributed by atoms with Gasteiger partial charge in [-0.15, -0.1) is 11.6 Å². The molecule has 13 heavy (non-hydrogen) atoms. The van der Waals surface area contributed by atoms with Gasteiger partial charge in [-0.05, 0) is 18.1 Å². The largest absolute Gasteiger partial charge is 0.416 e. The molecule has 0 fully saturated rings. The van der Waals surface area contributed by atoms with Crippen LogP contribution in [0.4, 0.5) is 13.2 Å². The van der Waals surface area contributed by atoms with Gasteiger partial charge in [-0.1, -0.05) is 0 Å². The molecule has 0 saturated heterocycles. The Morgan fingerprint density at radius 3 is 2.62 bits per heavy atom. The van der Waals surface area contributed by atoms with Gasteiger partial charge in [0.1, 0.15) is 0 Å². The molecule has 5 heteroatoms. The van der Waals surface area contributed by atoms with E-state index in [1.165, 1.54) is 6.20 Å². The third kappa shape index (κ3) is 2.59. The highest BCUT2D eigenvalue weighted by Crippen LogP contribution is 2.31. The van der Waals surface area contributed by atoms with Crippen LogP contribution < -0.4 is 0 Å². The summed E-state index contributed by atoms with van der Waals surface area (Å²) < 4.78 is 36.9. The van der Waals surface area contributed by atoms with E-state index in [9.17, 15) is 13.2 Å². The minimum atomic E-state index is -4.32. The normalized spacial score (nSPS) is 11.7. The van der Waals surface area contributed by atoms with Crippen molar-refractivity contribution in [1.82, 2.24) is 4.98 Å². The first-order valence-corrected chi connectivity index (χ1v) is 4.15. The van der Waals surface area contributed by atoms with E-state index in [-0.39, 0.29) is 17.9 Å². The van der Waals surface area contributed by atoms with Crippen LogP contribution in [0, 0.1) is 0 Å². The van der Waals surface area contributed by atoms with Gasteiger partial charge >= 0.3 is 6.18 Å². The highest BCUT2D eigenvalue weighted by Gasteiger charge is 2.32. The van der Waals surface area contributed by atoms with E-state index in [1.807, 2.05) is 0 Å². The number of halogens is 4. The number of rotatable bonds is 2. The molecular formula is C8H7ClF3N. The summed E-state index contributed by atoms with van der Waals surface area (Å²) >= 11 is 5.36. The van der Waals surface area contributed by atoms with Crippen molar-refractivity contribution in [1.29, 1.82) is 0 Å². The summed E-state index contributed by atoms with van der Waals surface area (Å²) in [6.07, 6.45) is -1.81. The molecule has 0 N–H and O–H groups in total. The van der Waals surface area contributed by atoms with E-state index in [0.717, 1.165) is 12.3 Å². The first kappa shape index (κ1) is 10.3. The Bertz CT molecular complexity index is 285. The number of hydrogen-bond donors (Lipinski definition) is 0. The van der Waals surface area contributed by atoms with Crippen LogP contribution in [0.15, 0.2) is 18.5 Å². The predicted octanol–water partition coefficient (Wildman–Crippen LogP) is 2.88. The van der Waals surface area contributed by atoms with Gasteiger partial charge in [-0.3, -0.25) is 4.98 Å². The molecule has 0 atom stereocenters. The van der Waals surface area contributed by atoms with Crippen molar-refractivity contribution in [3.05, 3.63) is 29.6 Å². The molecule has 0 aromatic carbocycles. The molecule has 0 aliphatic carbocycles. The minimum absolute atomic E-state index is 0.144. The van der Waals surface area contributed by atoms with E-state index >= 15 is 0 Å². The van der Waals surface area contributed by atoms with Crippen LogP contribution in [-0.2, 0) is 12.6 Å². The molecule has 0 aliphatic heterocycles. The molecule has 72 valence electrons. The van der Waals surface area contributed by atoms with Crippen molar-refractivity contribution in [3.63, 3.8) is 0 Å². The number of hydrogen-bond acceptors (Lipinski definition) is 1. The first-order valence-electron chi connectivity index (χ1n) is 3.61. The molecule has 1 rings (SSSR count). The second-order valence-corrected chi connectivity index (χ2v) is 2.85. The van der Waals surface area contributed by atoms with Gasteiger partial charge in [0.15, 0.2) is 0 Å². The first-order chi connectivity index (χ1) is 6.05. The smallest absolute Gasteiger partial charge is 0.264 e. The fourth-order valence-corrected chi connectivity index (χ4v) is 1.21.